The minimum Gasteiger partial charge on any atom is -0.494 e. The fourth-order valence-corrected chi connectivity index (χ4v) is 3.19. The molecule has 5 heteroatoms. The van der Waals surface area contributed by atoms with E-state index in [1.54, 1.807) is 12.1 Å². The highest BCUT2D eigenvalue weighted by Gasteiger charge is 2.22. The molecular formula is C22H25NO4. The lowest BCUT2D eigenvalue weighted by atomic mass is 10.1. The number of amides is 1. The number of rotatable bonds is 8. The highest BCUT2D eigenvalue weighted by molar-refractivity contribution is 5.97. The van der Waals surface area contributed by atoms with Crippen LogP contribution in [0.2, 0.25) is 0 Å². The normalized spacial score (nSPS) is 15.0. The van der Waals surface area contributed by atoms with Crippen LogP contribution in [0, 0.1) is 0 Å². The van der Waals surface area contributed by atoms with Gasteiger partial charge in [0.25, 0.3) is 0 Å². The number of ketones is 1. The van der Waals surface area contributed by atoms with E-state index in [0.717, 1.165) is 29.0 Å². The van der Waals surface area contributed by atoms with Crippen LogP contribution in [0.4, 0.5) is 0 Å². The number of carbonyl (C=O) groups excluding carboxylic acids is 2. The summed E-state index contributed by atoms with van der Waals surface area (Å²) in [5.41, 5.74) is 2.65. The highest BCUT2D eigenvalue weighted by atomic mass is 16.5. The SMILES string of the molecule is CCOc1cc2c(cc1CNC(=O)CCC(=O)c1ccccc1)O[C@H](C)C2. The summed E-state index contributed by atoms with van der Waals surface area (Å²) < 4.78 is 11.5. The summed E-state index contributed by atoms with van der Waals surface area (Å²) in [5.74, 6) is 1.45. The Morgan fingerprint density at radius 2 is 1.96 bits per heavy atom. The molecule has 0 aliphatic carbocycles. The number of hydrogen-bond donors (Lipinski definition) is 1. The van der Waals surface area contributed by atoms with Crippen molar-refractivity contribution >= 4 is 11.7 Å². The number of benzene rings is 2. The van der Waals surface area contributed by atoms with Gasteiger partial charge in [-0.2, -0.15) is 0 Å². The second kappa shape index (κ2) is 8.71. The molecular weight excluding hydrogens is 342 g/mol. The van der Waals surface area contributed by atoms with E-state index < -0.39 is 0 Å². The molecule has 27 heavy (non-hydrogen) atoms. The zero-order valence-corrected chi connectivity index (χ0v) is 15.8. The van der Waals surface area contributed by atoms with Gasteiger partial charge in [0, 0.05) is 42.5 Å². The van der Waals surface area contributed by atoms with Crippen LogP contribution in [0.25, 0.3) is 0 Å². The van der Waals surface area contributed by atoms with Crippen LogP contribution >= 0.6 is 0 Å². The lowest BCUT2D eigenvalue weighted by Gasteiger charge is -2.13. The molecule has 1 N–H and O–H groups in total. The predicted molar refractivity (Wildman–Crippen MR) is 103 cm³/mol. The Kier molecular flexibility index (Phi) is 6.12. The molecule has 142 valence electrons. The summed E-state index contributed by atoms with van der Waals surface area (Å²) in [4.78, 5) is 24.3. The quantitative estimate of drug-likeness (QED) is 0.723. The second-order valence-corrected chi connectivity index (χ2v) is 6.70. The first-order chi connectivity index (χ1) is 13.1. The van der Waals surface area contributed by atoms with Crippen molar-refractivity contribution in [1.29, 1.82) is 0 Å². The molecule has 3 rings (SSSR count). The number of nitrogens with one attached hydrogen (secondary N) is 1. The van der Waals surface area contributed by atoms with Crippen LogP contribution in [-0.4, -0.2) is 24.4 Å². The third-order valence-electron chi connectivity index (χ3n) is 4.53. The van der Waals surface area contributed by atoms with Gasteiger partial charge in [0.2, 0.25) is 5.91 Å². The average molecular weight is 367 g/mol. The van der Waals surface area contributed by atoms with E-state index >= 15 is 0 Å². The molecule has 0 saturated carbocycles. The Balaban J connectivity index is 1.57. The minimum absolute atomic E-state index is 0.0272. The Labute approximate surface area is 159 Å². The highest BCUT2D eigenvalue weighted by Crippen LogP contribution is 2.35. The van der Waals surface area contributed by atoms with Crippen LogP contribution < -0.4 is 14.8 Å². The fourth-order valence-electron chi connectivity index (χ4n) is 3.19. The Morgan fingerprint density at radius 1 is 1.19 bits per heavy atom. The molecule has 0 radical (unpaired) electrons. The second-order valence-electron chi connectivity index (χ2n) is 6.70. The van der Waals surface area contributed by atoms with Crippen LogP contribution in [0.15, 0.2) is 42.5 Å². The van der Waals surface area contributed by atoms with E-state index in [9.17, 15) is 9.59 Å². The van der Waals surface area contributed by atoms with Crippen molar-refractivity contribution < 1.29 is 19.1 Å². The van der Waals surface area contributed by atoms with Crippen molar-refractivity contribution in [2.24, 2.45) is 0 Å². The Morgan fingerprint density at radius 3 is 2.70 bits per heavy atom. The van der Waals surface area contributed by atoms with E-state index in [0.29, 0.717) is 18.7 Å². The van der Waals surface area contributed by atoms with Gasteiger partial charge < -0.3 is 14.8 Å². The Hall–Kier alpha value is -2.82. The third kappa shape index (κ3) is 4.88. The van der Waals surface area contributed by atoms with Crippen molar-refractivity contribution in [2.75, 3.05) is 6.61 Å². The van der Waals surface area contributed by atoms with Crippen molar-refractivity contribution in [2.45, 2.75) is 45.8 Å². The molecule has 0 unspecified atom stereocenters. The summed E-state index contributed by atoms with van der Waals surface area (Å²) in [7, 11) is 0. The smallest absolute Gasteiger partial charge is 0.220 e. The van der Waals surface area contributed by atoms with Crippen molar-refractivity contribution in [1.82, 2.24) is 5.32 Å². The molecule has 1 aliphatic heterocycles. The maximum Gasteiger partial charge on any atom is 0.220 e. The molecule has 1 amide bonds. The maximum absolute atomic E-state index is 12.2. The first kappa shape index (κ1) is 19.0. The molecule has 0 aromatic heterocycles. The van der Waals surface area contributed by atoms with E-state index in [-0.39, 0.29) is 30.6 Å². The largest absolute Gasteiger partial charge is 0.494 e. The number of carbonyl (C=O) groups is 2. The number of fused-ring (bicyclic) bond motifs is 1. The lowest BCUT2D eigenvalue weighted by molar-refractivity contribution is -0.121. The van der Waals surface area contributed by atoms with Gasteiger partial charge in [-0.25, -0.2) is 0 Å². The molecule has 1 aliphatic rings. The summed E-state index contributed by atoms with van der Waals surface area (Å²) in [6.45, 7) is 4.87. The van der Waals surface area contributed by atoms with E-state index in [1.165, 1.54) is 0 Å². The zero-order valence-electron chi connectivity index (χ0n) is 15.8. The molecule has 0 fully saturated rings. The van der Waals surface area contributed by atoms with E-state index in [1.807, 2.05) is 44.2 Å². The van der Waals surface area contributed by atoms with Crippen LogP contribution in [0.5, 0.6) is 11.5 Å². The molecule has 2 aromatic rings. The lowest BCUT2D eigenvalue weighted by Crippen LogP contribution is -2.23. The topological polar surface area (TPSA) is 64.6 Å². The van der Waals surface area contributed by atoms with Gasteiger partial charge in [0.05, 0.1) is 6.61 Å². The van der Waals surface area contributed by atoms with Crippen molar-refractivity contribution in [3.8, 4) is 11.5 Å². The fraction of sp³-hybridized carbons (Fsp3) is 0.364. The average Bonchev–Trinajstić information content (AvgIpc) is 3.04. The van der Waals surface area contributed by atoms with E-state index in [4.69, 9.17) is 9.47 Å². The first-order valence-corrected chi connectivity index (χ1v) is 9.37. The van der Waals surface area contributed by atoms with Crippen LogP contribution in [-0.2, 0) is 17.8 Å². The monoisotopic (exact) mass is 367 g/mol. The summed E-state index contributed by atoms with van der Waals surface area (Å²) in [6, 6.07) is 13.0. The maximum atomic E-state index is 12.2. The van der Waals surface area contributed by atoms with Gasteiger partial charge in [-0.15, -0.1) is 0 Å². The van der Waals surface area contributed by atoms with Gasteiger partial charge >= 0.3 is 0 Å². The molecule has 0 spiro atoms. The first-order valence-electron chi connectivity index (χ1n) is 9.37. The Bertz CT molecular complexity index is 817. The standard InChI is InChI=1S/C22H25NO4/c1-3-26-20-12-17-11-15(2)27-21(17)13-18(20)14-23-22(25)10-9-19(24)16-7-5-4-6-8-16/h4-8,12-13,15H,3,9-11,14H2,1-2H3,(H,23,25)/t15-/m1/s1. The van der Waals surface area contributed by atoms with E-state index in [2.05, 4.69) is 5.32 Å². The number of Topliss-reactive ketones (excluding diaryl/α,β-unsaturated/α-hetero) is 1. The number of hydrogen-bond acceptors (Lipinski definition) is 4. The molecule has 5 nitrogen and oxygen atoms in total. The van der Waals surface area contributed by atoms with Gasteiger partial charge in [0.1, 0.15) is 17.6 Å². The van der Waals surface area contributed by atoms with Gasteiger partial charge in [0.15, 0.2) is 5.78 Å². The van der Waals surface area contributed by atoms with Gasteiger partial charge in [-0.1, -0.05) is 30.3 Å². The summed E-state index contributed by atoms with van der Waals surface area (Å²) in [6.07, 6.45) is 1.38. The molecule has 1 atom stereocenters. The molecule has 0 bridgehead atoms. The molecule has 1 heterocycles. The zero-order chi connectivity index (χ0) is 19.2. The predicted octanol–water partition coefficient (Wildman–Crippen LogP) is 3.69. The van der Waals surface area contributed by atoms with Gasteiger partial charge in [-0.05, 0) is 26.0 Å². The van der Waals surface area contributed by atoms with Crippen LogP contribution in [0.3, 0.4) is 0 Å². The summed E-state index contributed by atoms with van der Waals surface area (Å²) in [5, 5.41) is 2.88. The third-order valence-corrected chi connectivity index (χ3v) is 4.53. The van der Waals surface area contributed by atoms with Crippen molar-refractivity contribution in [3.63, 3.8) is 0 Å². The van der Waals surface area contributed by atoms with Crippen LogP contribution in [0.1, 0.15) is 48.2 Å². The molecule has 2 aromatic carbocycles. The van der Waals surface area contributed by atoms with Gasteiger partial charge in [-0.3, -0.25) is 9.59 Å². The minimum atomic E-state index is -0.156. The number of ether oxygens (including phenoxy) is 2. The summed E-state index contributed by atoms with van der Waals surface area (Å²) >= 11 is 0. The van der Waals surface area contributed by atoms with Crippen molar-refractivity contribution in [3.05, 3.63) is 59.2 Å². The molecule has 0 saturated heterocycles.